The van der Waals surface area contributed by atoms with Crippen LogP contribution in [0, 0.1) is 5.92 Å². The average molecular weight is 300 g/mol. The van der Waals surface area contributed by atoms with Crippen LogP contribution in [0.3, 0.4) is 0 Å². The normalized spacial score (nSPS) is 30.4. The lowest BCUT2D eigenvalue weighted by Crippen LogP contribution is -2.61. The van der Waals surface area contributed by atoms with E-state index in [1.165, 1.54) is 16.7 Å². The summed E-state index contributed by atoms with van der Waals surface area (Å²) in [6.45, 7) is 1.82. The second-order valence-electron chi connectivity index (χ2n) is 5.54. The molecule has 2 unspecified atom stereocenters. The average Bonchev–Trinajstić information content (AvgIpc) is 2.77. The molecule has 2 fully saturated rings. The van der Waals surface area contributed by atoms with E-state index in [9.17, 15) is 19.5 Å². The van der Waals surface area contributed by atoms with Crippen LogP contribution in [0.25, 0.3) is 0 Å². The van der Waals surface area contributed by atoms with E-state index in [2.05, 4.69) is 5.32 Å². The summed E-state index contributed by atoms with van der Waals surface area (Å²) in [5.74, 6) is -0.611. The first-order valence-corrected chi connectivity index (χ1v) is 8.01. The topological polar surface area (TPSA) is 86.7 Å². The summed E-state index contributed by atoms with van der Waals surface area (Å²) in [6.07, 6.45) is 3.05. The summed E-state index contributed by atoms with van der Waals surface area (Å²) < 4.78 is 0. The number of aliphatic carboxylic acids is 1. The van der Waals surface area contributed by atoms with Crippen molar-refractivity contribution in [1.29, 1.82) is 0 Å². The molecule has 6 nitrogen and oxygen atoms in total. The van der Waals surface area contributed by atoms with Gasteiger partial charge in [0.15, 0.2) is 0 Å². The second kappa shape index (κ2) is 6.03. The molecule has 0 bridgehead atoms. The van der Waals surface area contributed by atoms with Gasteiger partial charge in [-0.2, -0.15) is 0 Å². The molecule has 0 aromatic carbocycles. The van der Waals surface area contributed by atoms with Crippen molar-refractivity contribution < 1.29 is 19.5 Å². The van der Waals surface area contributed by atoms with Crippen molar-refractivity contribution in [2.24, 2.45) is 5.92 Å². The van der Waals surface area contributed by atoms with Crippen molar-refractivity contribution in [3.8, 4) is 0 Å². The van der Waals surface area contributed by atoms with E-state index in [0.717, 1.165) is 19.3 Å². The Hall–Kier alpha value is -1.24. The molecule has 1 aliphatic carbocycles. The smallest absolute Gasteiger partial charge is 0.329 e. The molecular formula is C13H20N2O4S. The van der Waals surface area contributed by atoms with Crippen molar-refractivity contribution in [2.45, 2.75) is 38.1 Å². The summed E-state index contributed by atoms with van der Waals surface area (Å²) in [7, 11) is 0. The van der Waals surface area contributed by atoms with Gasteiger partial charge in [-0.3, -0.25) is 9.59 Å². The van der Waals surface area contributed by atoms with Crippen LogP contribution < -0.4 is 5.32 Å². The van der Waals surface area contributed by atoms with Gasteiger partial charge in [-0.25, -0.2) is 4.79 Å². The summed E-state index contributed by atoms with van der Waals surface area (Å²) >= 11 is 1.46. The minimum absolute atomic E-state index is 0.0480. The Labute approximate surface area is 122 Å². The highest BCUT2D eigenvalue weighted by atomic mass is 32.2. The predicted molar refractivity (Wildman–Crippen MR) is 75.2 cm³/mol. The Balaban J connectivity index is 2.02. The van der Waals surface area contributed by atoms with E-state index in [-0.39, 0.29) is 24.3 Å². The fourth-order valence-corrected chi connectivity index (χ4v) is 3.81. The number of carbonyl (C=O) groups is 3. The Morgan fingerprint density at radius 1 is 1.50 bits per heavy atom. The third-order valence-electron chi connectivity index (χ3n) is 4.20. The van der Waals surface area contributed by atoms with Crippen molar-refractivity contribution in [2.75, 3.05) is 18.2 Å². The molecule has 0 radical (unpaired) electrons. The molecular weight excluding hydrogens is 280 g/mol. The highest BCUT2D eigenvalue weighted by Crippen LogP contribution is 2.34. The minimum atomic E-state index is -1.18. The molecule has 2 atom stereocenters. The van der Waals surface area contributed by atoms with Crippen LogP contribution in [0.1, 0.15) is 32.6 Å². The standard InChI is InChI=1S/C13H20N2O4S/c1-9-4-2-3-5-13(9,12(18)19)14-10(16)6-15-8-20-7-11(15)17/h9H,2-8H2,1H3,(H,14,16)(H,18,19). The quantitative estimate of drug-likeness (QED) is 0.797. The van der Waals surface area contributed by atoms with E-state index in [4.69, 9.17) is 0 Å². The van der Waals surface area contributed by atoms with Crippen molar-refractivity contribution >= 4 is 29.5 Å². The van der Waals surface area contributed by atoms with Gasteiger partial charge in [0, 0.05) is 0 Å². The zero-order valence-corrected chi connectivity index (χ0v) is 12.4. The number of rotatable bonds is 4. The molecule has 0 spiro atoms. The summed E-state index contributed by atoms with van der Waals surface area (Å²) in [4.78, 5) is 36.7. The number of nitrogens with one attached hydrogen (secondary N) is 1. The number of thioether (sulfide) groups is 1. The number of carbonyl (C=O) groups excluding carboxylic acids is 2. The van der Waals surface area contributed by atoms with E-state index in [1.807, 2.05) is 6.92 Å². The summed E-state index contributed by atoms with van der Waals surface area (Å²) in [5, 5.41) is 12.2. The zero-order chi connectivity index (χ0) is 14.8. The molecule has 2 N–H and O–H groups in total. The lowest BCUT2D eigenvalue weighted by atomic mass is 9.73. The molecule has 2 rings (SSSR count). The number of nitrogens with zero attached hydrogens (tertiary/aromatic N) is 1. The van der Waals surface area contributed by atoms with Gasteiger partial charge in [0.05, 0.1) is 11.6 Å². The van der Waals surface area contributed by atoms with Gasteiger partial charge in [0.1, 0.15) is 12.1 Å². The van der Waals surface area contributed by atoms with Crippen molar-refractivity contribution in [1.82, 2.24) is 10.2 Å². The van der Waals surface area contributed by atoms with E-state index >= 15 is 0 Å². The molecule has 0 aromatic heterocycles. The first-order valence-electron chi connectivity index (χ1n) is 6.85. The lowest BCUT2D eigenvalue weighted by Gasteiger charge is -2.39. The monoisotopic (exact) mass is 300 g/mol. The Morgan fingerprint density at radius 3 is 2.80 bits per heavy atom. The van der Waals surface area contributed by atoms with E-state index in [0.29, 0.717) is 18.1 Å². The molecule has 7 heteroatoms. The largest absolute Gasteiger partial charge is 0.479 e. The fourth-order valence-electron chi connectivity index (χ4n) is 2.91. The predicted octanol–water partition coefficient (Wildman–Crippen LogP) is 0.669. The Kier molecular flexibility index (Phi) is 4.57. The minimum Gasteiger partial charge on any atom is -0.479 e. The maximum atomic E-state index is 12.1. The maximum Gasteiger partial charge on any atom is 0.329 e. The van der Waals surface area contributed by atoms with E-state index in [1.54, 1.807) is 0 Å². The number of hydrogen-bond donors (Lipinski definition) is 2. The van der Waals surface area contributed by atoms with Gasteiger partial charge < -0.3 is 15.3 Å². The molecule has 1 heterocycles. The van der Waals surface area contributed by atoms with Crippen LogP contribution in [-0.4, -0.2) is 51.5 Å². The Bertz CT molecular complexity index is 429. The third kappa shape index (κ3) is 2.92. The first-order chi connectivity index (χ1) is 9.45. The van der Waals surface area contributed by atoms with Crippen molar-refractivity contribution in [3.05, 3.63) is 0 Å². The highest BCUT2D eigenvalue weighted by Gasteiger charge is 2.46. The van der Waals surface area contributed by atoms with Gasteiger partial charge >= 0.3 is 5.97 Å². The summed E-state index contributed by atoms with van der Waals surface area (Å²) in [6, 6.07) is 0. The highest BCUT2D eigenvalue weighted by molar-refractivity contribution is 8.00. The van der Waals surface area contributed by atoms with E-state index < -0.39 is 11.5 Å². The SMILES string of the molecule is CC1CCCCC1(NC(=O)CN1CSCC1=O)C(=O)O. The Morgan fingerprint density at radius 2 is 2.25 bits per heavy atom. The second-order valence-corrected chi connectivity index (χ2v) is 6.50. The molecule has 112 valence electrons. The first kappa shape index (κ1) is 15.2. The molecule has 1 saturated carbocycles. The van der Waals surface area contributed by atoms with Crippen LogP contribution >= 0.6 is 11.8 Å². The molecule has 2 aliphatic rings. The molecule has 1 saturated heterocycles. The van der Waals surface area contributed by atoms with Gasteiger partial charge in [-0.05, 0) is 18.8 Å². The number of carboxylic acids is 1. The third-order valence-corrected chi connectivity index (χ3v) is 5.15. The van der Waals surface area contributed by atoms with Gasteiger partial charge in [0.2, 0.25) is 11.8 Å². The number of hydrogen-bond acceptors (Lipinski definition) is 4. The van der Waals surface area contributed by atoms with Gasteiger partial charge in [-0.1, -0.05) is 19.8 Å². The van der Waals surface area contributed by atoms with Gasteiger partial charge in [-0.15, -0.1) is 11.8 Å². The molecule has 2 amide bonds. The van der Waals surface area contributed by atoms with Gasteiger partial charge in [0.25, 0.3) is 0 Å². The van der Waals surface area contributed by atoms with Crippen LogP contribution in [0.2, 0.25) is 0 Å². The maximum absolute atomic E-state index is 12.1. The zero-order valence-electron chi connectivity index (χ0n) is 11.6. The molecule has 20 heavy (non-hydrogen) atoms. The van der Waals surface area contributed by atoms with Crippen molar-refractivity contribution in [3.63, 3.8) is 0 Å². The fraction of sp³-hybridized carbons (Fsp3) is 0.769. The summed E-state index contributed by atoms with van der Waals surface area (Å²) in [5.41, 5.74) is -1.18. The molecule has 0 aromatic rings. The van der Waals surface area contributed by atoms with Crippen LogP contribution in [-0.2, 0) is 14.4 Å². The number of amides is 2. The van der Waals surface area contributed by atoms with Crippen LogP contribution in [0.15, 0.2) is 0 Å². The van der Waals surface area contributed by atoms with Crippen LogP contribution in [0.5, 0.6) is 0 Å². The molecule has 1 aliphatic heterocycles. The van der Waals surface area contributed by atoms with Crippen LogP contribution in [0.4, 0.5) is 0 Å². The number of carboxylic acid groups (broad SMARTS) is 1. The lowest BCUT2D eigenvalue weighted by molar-refractivity contribution is -0.152.